The largest absolute Gasteiger partial charge is 0.459 e. The molecule has 1 aromatic carbocycles. The van der Waals surface area contributed by atoms with Crippen molar-refractivity contribution in [2.45, 2.75) is 6.92 Å². The van der Waals surface area contributed by atoms with Crippen LogP contribution in [-0.2, 0) is 14.3 Å². The predicted octanol–water partition coefficient (Wildman–Crippen LogP) is 0.368. The summed E-state index contributed by atoms with van der Waals surface area (Å²) >= 11 is 0. The molecule has 2 rings (SSSR count). The summed E-state index contributed by atoms with van der Waals surface area (Å²) in [5.74, 6) is -1.35. The quantitative estimate of drug-likeness (QED) is 0.610. The number of rotatable bonds is 3. The van der Waals surface area contributed by atoms with E-state index in [0.717, 1.165) is 0 Å². The van der Waals surface area contributed by atoms with E-state index in [1.807, 2.05) is 0 Å². The molecular formula is C11H11N5O3. The molecule has 0 atom stereocenters. The summed E-state index contributed by atoms with van der Waals surface area (Å²) in [7, 11) is 0. The van der Waals surface area contributed by atoms with Gasteiger partial charge in [-0.1, -0.05) is 12.1 Å². The van der Waals surface area contributed by atoms with E-state index in [1.54, 1.807) is 31.2 Å². The topological polar surface area (TPSA) is 110 Å². The number of esters is 1. The zero-order valence-electron chi connectivity index (χ0n) is 10.1. The molecule has 8 nitrogen and oxygen atoms in total. The Bertz CT molecular complexity index is 582. The second-order valence-corrected chi connectivity index (χ2v) is 3.49. The van der Waals surface area contributed by atoms with E-state index in [2.05, 4.69) is 30.7 Å². The van der Waals surface area contributed by atoms with Crippen molar-refractivity contribution < 1.29 is 14.3 Å². The third-order valence-electron chi connectivity index (χ3n) is 2.18. The highest BCUT2D eigenvalue weighted by Gasteiger charge is 2.15. The van der Waals surface area contributed by atoms with Crippen molar-refractivity contribution in [1.82, 2.24) is 20.6 Å². The molecule has 1 amide bonds. The van der Waals surface area contributed by atoms with E-state index in [-0.39, 0.29) is 6.61 Å². The first-order chi connectivity index (χ1) is 9.20. The van der Waals surface area contributed by atoms with Gasteiger partial charge in [0.2, 0.25) is 5.82 Å². The Balaban J connectivity index is 2.12. The molecule has 0 aliphatic rings. The number of aromatic nitrogens is 4. The van der Waals surface area contributed by atoms with Crippen LogP contribution in [0.3, 0.4) is 0 Å². The molecule has 0 aliphatic carbocycles. The third kappa shape index (κ3) is 3.12. The molecule has 0 spiro atoms. The maximum absolute atomic E-state index is 11.5. The van der Waals surface area contributed by atoms with E-state index in [9.17, 15) is 9.59 Å². The average molecular weight is 261 g/mol. The van der Waals surface area contributed by atoms with Gasteiger partial charge in [-0.15, -0.1) is 10.2 Å². The number of benzene rings is 1. The summed E-state index contributed by atoms with van der Waals surface area (Å²) in [6.07, 6.45) is 0. The standard InChI is InChI=1S/C11H11N5O3/c1-2-19-11(18)10(17)12-8-5-3-4-7(6-8)9-13-15-16-14-9/h3-6H,2H2,1H3,(H,12,17)(H,13,14,15,16). The highest BCUT2D eigenvalue weighted by atomic mass is 16.5. The monoisotopic (exact) mass is 261 g/mol. The normalized spacial score (nSPS) is 9.95. The van der Waals surface area contributed by atoms with Crippen LogP contribution in [-0.4, -0.2) is 39.1 Å². The molecule has 0 aliphatic heterocycles. The highest BCUT2D eigenvalue weighted by Crippen LogP contribution is 2.18. The van der Waals surface area contributed by atoms with Gasteiger partial charge in [-0.3, -0.25) is 4.79 Å². The molecule has 0 radical (unpaired) electrons. The van der Waals surface area contributed by atoms with Crippen LogP contribution in [0.4, 0.5) is 5.69 Å². The minimum Gasteiger partial charge on any atom is -0.459 e. The number of H-pyrrole nitrogens is 1. The fraction of sp³-hybridized carbons (Fsp3) is 0.182. The molecular weight excluding hydrogens is 250 g/mol. The van der Waals surface area contributed by atoms with E-state index in [4.69, 9.17) is 0 Å². The molecule has 0 unspecified atom stereocenters. The molecule has 8 heteroatoms. The number of amides is 1. The van der Waals surface area contributed by atoms with Gasteiger partial charge in [-0.05, 0) is 24.3 Å². The number of hydrogen-bond donors (Lipinski definition) is 2. The Kier molecular flexibility index (Phi) is 3.81. The first kappa shape index (κ1) is 12.7. The van der Waals surface area contributed by atoms with Gasteiger partial charge >= 0.3 is 11.9 Å². The number of tetrazole rings is 1. The number of nitrogens with one attached hydrogen (secondary N) is 2. The van der Waals surface area contributed by atoms with Crippen LogP contribution in [0.15, 0.2) is 24.3 Å². The lowest BCUT2D eigenvalue weighted by Crippen LogP contribution is -2.24. The number of aromatic amines is 1. The minimum absolute atomic E-state index is 0.148. The number of carbonyl (C=O) groups is 2. The van der Waals surface area contributed by atoms with Crippen molar-refractivity contribution in [2.75, 3.05) is 11.9 Å². The Morgan fingerprint density at radius 2 is 2.26 bits per heavy atom. The average Bonchev–Trinajstić information content (AvgIpc) is 2.93. The van der Waals surface area contributed by atoms with E-state index in [0.29, 0.717) is 17.1 Å². The molecule has 0 fully saturated rings. The predicted molar refractivity (Wildman–Crippen MR) is 64.9 cm³/mol. The number of ether oxygens (including phenoxy) is 1. The van der Waals surface area contributed by atoms with Crippen LogP contribution in [0.2, 0.25) is 0 Å². The maximum Gasteiger partial charge on any atom is 0.397 e. The van der Waals surface area contributed by atoms with E-state index >= 15 is 0 Å². The van der Waals surface area contributed by atoms with Crippen LogP contribution in [0, 0.1) is 0 Å². The fourth-order valence-electron chi connectivity index (χ4n) is 1.40. The van der Waals surface area contributed by atoms with E-state index in [1.165, 1.54) is 0 Å². The van der Waals surface area contributed by atoms with Gasteiger partial charge in [-0.2, -0.15) is 5.21 Å². The van der Waals surface area contributed by atoms with Gasteiger partial charge in [0.05, 0.1) is 6.61 Å². The summed E-state index contributed by atoms with van der Waals surface area (Å²) in [6, 6.07) is 6.72. The second-order valence-electron chi connectivity index (χ2n) is 3.49. The summed E-state index contributed by atoms with van der Waals surface area (Å²) < 4.78 is 4.59. The Morgan fingerprint density at radius 1 is 1.42 bits per heavy atom. The van der Waals surface area contributed by atoms with Gasteiger partial charge < -0.3 is 10.1 Å². The number of nitrogens with zero attached hydrogens (tertiary/aromatic N) is 3. The smallest absolute Gasteiger partial charge is 0.397 e. The molecule has 2 aromatic rings. The summed E-state index contributed by atoms with van der Waals surface area (Å²) in [5, 5.41) is 15.8. The summed E-state index contributed by atoms with van der Waals surface area (Å²) in [4.78, 5) is 22.7. The lowest BCUT2D eigenvalue weighted by atomic mass is 10.2. The highest BCUT2D eigenvalue weighted by molar-refractivity contribution is 6.37. The minimum atomic E-state index is -0.924. The van der Waals surface area contributed by atoms with Crippen LogP contribution < -0.4 is 5.32 Å². The summed E-state index contributed by atoms with van der Waals surface area (Å²) in [6.45, 7) is 1.77. The van der Waals surface area contributed by atoms with Crippen molar-refractivity contribution in [3.05, 3.63) is 24.3 Å². The number of anilines is 1. The van der Waals surface area contributed by atoms with Gasteiger partial charge in [0.15, 0.2) is 0 Å². The molecule has 0 saturated carbocycles. The van der Waals surface area contributed by atoms with Gasteiger partial charge in [0.1, 0.15) is 0 Å². The van der Waals surface area contributed by atoms with Crippen LogP contribution >= 0.6 is 0 Å². The first-order valence-electron chi connectivity index (χ1n) is 5.52. The van der Waals surface area contributed by atoms with Crippen LogP contribution in [0.25, 0.3) is 11.4 Å². The molecule has 0 bridgehead atoms. The number of carbonyl (C=O) groups excluding carboxylic acids is 2. The molecule has 1 heterocycles. The SMILES string of the molecule is CCOC(=O)C(=O)Nc1cccc(-c2nn[nH]n2)c1. The zero-order valence-corrected chi connectivity index (χ0v) is 10.1. The first-order valence-corrected chi connectivity index (χ1v) is 5.52. The van der Waals surface area contributed by atoms with Crippen molar-refractivity contribution >= 4 is 17.6 Å². The third-order valence-corrected chi connectivity index (χ3v) is 2.18. The van der Waals surface area contributed by atoms with Crippen molar-refractivity contribution in [1.29, 1.82) is 0 Å². The Hall–Kier alpha value is -2.77. The van der Waals surface area contributed by atoms with E-state index < -0.39 is 11.9 Å². The molecule has 98 valence electrons. The summed E-state index contributed by atoms with van der Waals surface area (Å²) in [5.41, 5.74) is 1.11. The molecule has 2 N–H and O–H groups in total. The van der Waals surface area contributed by atoms with Crippen LogP contribution in [0.1, 0.15) is 6.92 Å². The van der Waals surface area contributed by atoms with Crippen molar-refractivity contribution in [3.63, 3.8) is 0 Å². The van der Waals surface area contributed by atoms with Crippen molar-refractivity contribution in [2.24, 2.45) is 0 Å². The molecule has 1 aromatic heterocycles. The lowest BCUT2D eigenvalue weighted by Gasteiger charge is -2.05. The van der Waals surface area contributed by atoms with Crippen LogP contribution in [0.5, 0.6) is 0 Å². The lowest BCUT2D eigenvalue weighted by molar-refractivity contribution is -0.152. The fourth-order valence-corrected chi connectivity index (χ4v) is 1.40. The van der Waals surface area contributed by atoms with Gasteiger partial charge in [-0.25, -0.2) is 4.79 Å². The molecule has 19 heavy (non-hydrogen) atoms. The van der Waals surface area contributed by atoms with Crippen molar-refractivity contribution in [3.8, 4) is 11.4 Å². The van der Waals surface area contributed by atoms with Gasteiger partial charge in [0, 0.05) is 11.3 Å². The Labute approximate surface area is 108 Å². The molecule has 0 saturated heterocycles. The maximum atomic E-state index is 11.5. The Morgan fingerprint density at radius 3 is 2.95 bits per heavy atom. The second kappa shape index (κ2) is 5.71. The number of hydrogen-bond acceptors (Lipinski definition) is 6. The van der Waals surface area contributed by atoms with Gasteiger partial charge in [0.25, 0.3) is 0 Å². The zero-order chi connectivity index (χ0) is 13.7.